The zero-order chi connectivity index (χ0) is 11.3. The van der Waals surface area contributed by atoms with E-state index in [9.17, 15) is 4.79 Å². The van der Waals surface area contributed by atoms with Crippen molar-refractivity contribution in [2.45, 2.75) is 31.7 Å². The largest absolute Gasteiger partial charge is 0.355 e. The zero-order valence-corrected chi connectivity index (χ0v) is 9.83. The average molecular weight is 213 g/mol. The van der Waals surface area contributed by atoms with Gasteiger partial charge in [-0.25, -0.2) is 0 Å². The maximum Gasteiger partial charge on any atom is 0.234 e. The number of carbonyl (C=O) groups excluding carboxylic acids is 1. The highest BCUT2D eigenvalue weighted by atomic mass is 16.1. The van der Waals surface area contributed by atoms with E-state index in [1.807, 2.05) is 19.0 Å². The lowest BCUT2D eigenvalue weighted by Crippen LogP contribution is -2.38. The van der Waals surface area contributed by atoms with Crippen LogP contribution in [0.5, 0.6) is 0 Å². The lowest BCUT2D eigenvalue weighted by atomic mass is 9.86. The van der Waals surface area contributed by atoms with Gasteiger partial charge in [-0.15, -0.1) is 0 Å². The molecule has 0 radical (unpaired) electrons. The summed E-state index contributed by atoms with van der Waals surface area (Å²) >= 11 is 0. The summed E-state index contributed by atoms with van der Waals surface area (Å²) in [5.74, 6) is 0.755. The summed E-state index contributed by atoms with van der Waals surface area (Å²) < 4.78 is 0. The van der Waals surface area contributed by atoms with Crippen LogP contribution in [0.3, 0.4) is 0 Å². The Bertz CT molecular complexity index is 198. The lowest BCUT2D eigenvalue weighted by molar-refractivity contribution is -0.121. The Balaban J connectivity index is 2.12. The minimum absolute atomic E-state index is 0.120. The van der Waals surface area contributed by atoms with E-state index in [4.69, 9.17) is 5.73 Å². The fourth-order valence-electron chi connectivity index (χ4n) is 1.99. The molecule has 0 unspecified atom stereocenters. The molecular weight excluding hydrogens is 190 g/mol. The molecule has 0 spiro atoms. The van der Waals surface area contributed by atoms with E-state index in [0.717, 1.165) is 32.2 Å². The molecule has 1 saturated carbocycles. The Hall–Kier alpha value is -0.610. The van der Waals surface area contributed by atoms with E-state index >= 15 is 0 Å². The van der Waals surface area contributed by atoms with Crippen LogP contribution in [-0.2, 0) is 4.79 Å². The molecule has 0 atom stereocenters. The van der Waals surface area contributed by atoms with E-state index < -0.39 is 0 Å². The molecule has 0 heterocycles. The van der Waals surface area contributed by atoms with Crippen LogP contribution in [-0.4, -0.2) is 44.0 Å². The third-order valence-corrected chi connectivity index (χ3v) is 2.94. The fraction of sp³-hybridized carbons (Fsp3) is 0.909. The molecule has 1 fully saturated rings. The summed E-state index contributed by atoms with van der Waals surface area (Å²) in [5, 5.41) is 2.98. The van der Waals surface area contributed by atoms with Crippen molar-refractivity contribution in [2.24, 2.45) is 11.7 Å². The van der Waals surface area contributed by atoms with Gasteiger partial charge in [0.2, 0.25) is 5.91 Å². The highest BCUT2D eigenvalue weighted by Gasteiger charge is 2.18. The first-order valence-corrected chi connectivity index (χ1v) is 5.75. The second kappa shape index (κ2) is 6.08. The molecule has 1 aliphatic rings. The second-order valence-corrected chi connectivity index (χ2v) is 4.82. The van der Waals surface area contributed by atoms with Crippen LogP contribution >= 0.6 is 0 Å². The van der Waals surface area contributed by atoms with Crippen molar-refractivity contribution < 1.29 is 4.79 Å². The number of nitrogens with one attached hydrogen (secondary N) is 1. The Morgan fingerprint density at radius 1 is 1.33 bits per heavy atom. The Morgan fingerprint density at radius 2 is 1.93 bits per heavy atom. The van der Waals surface area contributed by atoms with Crippen LogP contribution in [0, 0.1) is 5.92 Å². The van der Waals surface area contributed by atoms with Crippen LogP contribution < -0.4 is 11.1 Å². The van der Waals surface area contributed by atoms with Crippen molar-refractivity contribution >= 4 is 5.91 Å². The first-order valence-electron chi connectivity index (χ1n) is 5.75. The van der Waals surface area contributed by atoms with Gasteiger partial charge in [-0.05, 0) is 45.7 Å². The van der Waals surface area contributed by atoms with Crippen molar-refractivity contribution in [1.82, 2.24) is 10.2 Å². The van der Waals surface area contributed by atoms with E-state index in [0.29, 0.717) is 18.5 Å². The lowest BCUT2D eigenvalue weighted by Gasteiger charge is -2.26. The molecule has 1 aliphatic carbocycles. The molecule has 3 N–H and O–H groups in total. The molecule has 15 heavy (non-hydrogen) atoms. The second-order valence-electron chi connectivity index (χ2n) is 4.82. The van der Waals surface area contributed by atoms with E-state index in [1.165, 1.54) is 0 Å². The van der Waals surface area contributed by atoms with Crippen LogP contribution in [0.15, 0.2) is 0 Å². The van der Waals surface area contributed by atoms with Gasteiger partial charge in [0.05, 0.1) is 6.54 Å². The number of likely N-dealkylation sites (N-methyl/N-ethyl adjacent to an activating group) is 1. The summed E-state index contributed by atoms with van der Waals surface area (Å²) in [5.41, 5.74) is 5.82. The Morgan fingerprint density at radius 3 is 2.47 bits per heavy atom. The minimum Gasteiger partial charge on any atom is -0.355 e. The summed E-state index contributed by atoms with van der Waals surface area (Å²) in [6.07, 6.45) is 4.52. The molecule has 0 bridgehead atoms. The summed E-state index contributed by atoms with van der Waals surface area (Å²) in [7, 11) is 3.80. The van der Waals surface area contributed by atoms with Gasteiger partial charge >= 0.3 is 0 Å². The molecule has 4 nitrogen and oxygen atoms in total. The van der Waals surface area contributed by atoms with Gasteiger partial charge in [0.25, 0.3) is 0 Å². The van der Waals surface area contributed by atoms with Crippen molar-refractivity contribution in [3.05, 3.63) is 0 Å². The van der Waals surface area contributed by atoms with Gasteiger partial charge in [0.1, 0.15) is 0 Å². The maximum atomic E-state index is 11.4. The van der Waals surface area contributed by atoms with Gasteiger partial charge in [-0.3, -0.25) is 4.79 Å². The molecule has 0 aliphatic heterocycles. The molecular formula is C11H23N3O. The van der Waals surface area contributed by atoms with Crippen molar-refractivity contribution in [3.8, 4) is 0 Å². The fourth-order valence-corrected chi connectivity index (χ4v) is 1.99. The highest BCUT2D eigenvalue weighted by Crippen LogP contribution is 2.22. The van der Waals surface area contributed by atoms with Crippen LogP contribution in [0.1, 0.15) is 25.7 Å². The van der Waals surface area contributed by atoms with Crippen molar-refractivity contribution in [2.75, 3.05) is 27.2 Å². The number of nitrogens with zero attached hydrogens (tertiary/aromatic N) is 1. The Labute approximate surface area is 92.2 Å². The first-order chi connectivity index (χ1) is 7.08. The van der Waals surface area contributed by atoms with Gasteiger partial charge < -0.3 is 16.0 Å². The third kappa shape index (κ3) is 5.14. The quantitative estimate of drug-likeness (QED) is 0.700. The monoisotopic (exact) mass is 213 g/mol. The number of hydrogen-bond donors (Lipinski definition) is 2. The number of amides is 1. The highest BCUT2D eigenvalue weighted by molar-refractivity contribution is 5.77. The first kappa shape index (κ1) is 12.5. The average Bonchev–Trinajstić information content (AvgIpc) is 2.16. The molecule has 88 valence electrons. The number of nitrogens with two attached hydrogens (primary N) is 1. The van der Waals surface area contributed by atoms with Crippen molar-refractivity contribution in [3.63, 3.8) is 0 Å². The molecule has 0 saturated heterocycles. The van der Waals surface area contributed by atoms with Gasteiger partial charge in [0.15, 0.2) is 0 Å². The standard InChI is InChI=1S/C11H23N3O/c1-14(2)8-11(15)13-7-9-3-5-10(12)6-4-9/h9-10H,3-8,12H2,1-2H3,(H,13,15)/t9-,10-. The minimum atomic E-state index is 0.120. The third-order valence-electron chi connectivity index (χ3n) is 2.94. The molecule has 0 aromatic heterocycles. The smallest absolute Gasteiger partial charge is 0.234 e. The number of rotatable bonds is 4. The van der Waals surface area contributed by atoms with Crippen molar-refractivity contribution in [1.29, 1.82) is 0 Å². The predicted octanol–water partition coefficient (Wildman–Crippen LogP) is 0.182. The molecule has 0 aromatic carbocycles. The summed E-state index contributed by atoms with van der Waals surface area (Å²) in [6.45, 7) is 1.30. The van der Waals surface area contributed by atoms with Gasteiger partial charge in [-0.2, -0.15) is 0 Å². The maximum absolute atomic E-state index is 11.4. The van der Waals surface area contributed by atoms with Gasteiger partial charge in [0, 0.05) is 12.6 Å². The predicted molar refractivity (Wildman–Crippen MR) is 61.5 cm³/mol. The van der Waals surface area contributed by atoms with Gasteiger partial charge in [-0.1, -0.05) is 0 Å². The number of hydrogen-bond acceptors (Lipinski definition) is 3. The van der Waals surface area contributed by atoms with E-state index in [2.05, 4.69) is 5.32 Å². The molecule has 0 aromatic rings. The normalized spacial score (nSPS) is 26.7. The van der Waals surface area contributed by atoms with Crippen LogP contribution in [0.2, 0.25) is 0 Å². The number of carbonyl (C=O) groups is 1. The summed E-state index contributed by atoms with van der Waals surface area (Å²) in [6, 6.07) is 0.388. The Kier molecular flexibility index (Phi) is 5.05. The topological polar surface area (TPSA) is 58.4 Å². The molecule has 1 rings (SSSR count). The van der Waals surface area contributed by atoms with Crippen LogP contribution in [0.4, 0.5) is 0 Å². The SMILES string of the molecule is CN(C)CC(=O)NC[C@H]1CC[C@H](N)CC1. The molecule has 1 amide bonds. The van der Waals surface area contributed by atoms with Crippen LogP contribution in [0.25, 0.3) is 0 Å². The zero-order valence-electron chi connectivity index (χ0n) is 9.83. The summed E-state index contributed by atoms with van der Waals surface area (Å²) in [4.78, 5) is 13.3. The van der Waals surface area contributed by atoms with E-state index in [-0.39, 0.29) is 5.91 Å². The molecule has 4 heteroatoms. The van der Waals surface area contributed by atoms with E-state index in [1.54, 1.807) is 0 Å².